The number of fused-ring (bicyclic) bond motifs is 1. The Kier molecular flexibility index (Phi) is 3.87. The van der Waals surface area contributed by atoms with Gasteiger partial charge < -0.3 is 4.74 Å². The highest BCUT2D eigenvalue weighted by Crippen LogP contribution is 2.29. The molecular weight excluding hydrogens is 282 g/mol. The molecule has 1 aliphatic carbocycles. The number of ether oxygens (including phenoxy) is 1. The molecule has 0 radical (unpaired) electrons. The summed E-state index contributed by atoms with van der Waals surface area (Å²) >= 11 is 0. The van der Waals surface area contributed by atoms with E-state index in [0.717, 1.165) is 12.8 Å². The van der Waals surface area contributed by atoms with E-state index in [4.69, 9.17) is 4.74 Å². The second kappa shape index (κ2) is 5.97. The van der Waals surface area contributed by atoms with Gasteiger partial charge in [-0.15, -0.1) is 0 Å². The first-order valence-corrected chi connectivity index (χ1v) is 7.14. The Labute approximate surface area is 127 Å². The fourth-order valence-electron chi connectivity index (χ4n) is 2.84. The van der Waals surface area contributed by atoms with E-state index < -0.39 is 4.92 Å². The zero-order valence-electron chi connectivity index (χ0n) is 11.9. The highest BCUT2D eigenvalue weighted by Gasteiger charge is 2.24. The van der Waals surface area contributed by atoms with Crippen LogP contribution in [0.3, 0.4) is 0 Å². The van der Waals surface area contributed by atoms with Gasteiger partial charge in [-0.1, -0.05) is 24.3 Å². The second-order valence-electron chi connectivity index (χ2n) is 5.47. The highest BCUT2D eigenvalue weighted by atomic mass is 16.6. The van der Waals surface area contributed by atoms with Gasteiger partial charge in [0, 0.05) is 18.6 Å². The molecule has 5 nitrogen and oxygen atoms in total. The van der Waals surface area contributed by atoms with Crippen LogP contribution in [0.1, 0.15) is 17.5 Å². The van der Waals surface area contributed by atoms with Crippen LogP contribution in [0.25, 0.3) is 0 Å². The van der Waals surface area contributed by atoms with Gasteiger partial charge in [-0.2, -0.15) is 0 Å². The number of nitrogens with zero attached hydrogens (tertiary/aromatic N) is 1. The fraction of sp³-hybridized carbons (Fsp3) is 0.235. The van der Waals surface area contributed by atoms with Gasteiger partial charge in [0.2, 0.25) is 0 Å². The van der Waals surface area contributed by atoms with E-state index in [1.807, 2.05) is 12.1 Å². The van der Waals surface area contributed by atoms with Gasteiger partial charge in [-0.3, -0.25) is 14.9 Å². The van der Waals surface area contributed by atoms with Crippen LogP contribution in [0.5, 0.6) is 5.75 Å². The molecule has 0 saturated heterocycles. The minimum Gasteiger partial charge on any atom is -0.427 e. The average molecular weight is 297 g/mol. The number of carbonyl (C=O) groups excluding carboxylic acids is 1. The van der Waals surface area contributed by atoms with Crippen LogP contribution in [0.4, 0.5) is 5.69 Å². The number of nitro benzene ring substituents is 1. The maximum absolute atomic E-state index is 12.0. The molecule has 0 saturated carbocycles. The Morgan fingerprint density at radius 1 is 1.09 bits per heavy atom. The monoisotopic (exact) mass is 297 g/mol. The first-order valence-electron chi connectivity index (χ1n) is 7.14. The molecule has 0 aliphatic heterocycles. The molecule has 112 valence electrons. The molecule has 0 N–H and O–H groups in total. The van der Waals surface area contributed by atoms with E-state index in [2.05, 4.69) is 12.1 Å². The average Bonchev–Trinajstić information content (AvgIpc) is 2.89. The third kappa shape index (κ3) is 3.14. The quantitative estimate of drug-likeness (QED) is 0.376. The van der Waals surface area contributed by atoms with E-state index >= 15 is 0 Å². The minimum absolute atomic E-state index is 0.0222. The molecule has 0 unspecified atom stereocenters. The lowest BCUT2D eigenvalue weighted by Gasteiger charge is -2.08. The number of nitro groups is 1. The van der Waals surface area contributed by atoms with Crippen molar-refractivity contribution in [1.29, 1.82) is 0 Å². The molecule has 0 atom stereocenters. The number of hydrogen-bond acceptors (Lipinski definition) is 4. The SMILES string of the molecule is O=C(CC1Cc2ccccc2C1)Oc1ccc([N+](=O)[O-])cc1. The first kappa shape index (κ1) is 14.3. The Balaban J connectivity index is 1.56. The van der Waals surface area contributed by atoms with Gasteiger partial charge in [0.05, 0.1) is 4.92 Å². The molecule has 5 heteroatoms. The Morgan fingerprint density at radius 2 is 1.68 bits per heavy atom. The molecule has 1 aliphatic rings. The molecule has 22 heavy (non-hydrogen) atoms. The predicted octanol–water partition coefficient (Wildman–Crippen LogP) is 3.31. The zero-order chi connectivity index (χ0) is 15.5. The third-order valence-electron chi connectivity index (χ3n) is 3.87. The standard InChI is InChI=1S/C17H15NO4/c19-17(22-16-7-5-15(6-8-16)18(20)21)11-12-9-13-3-1-2-4-14(13)10-12/h1-8,12H,9-11H2. The van der Waals surface area contributed by atoms with Crippen LogP contribution in [0, 0.1) is 16.0 Å². The van der Waals surface area contributed by atoms with Crippen molar-refractivity contribution in [1.82, 2.24) is 0 Å². The summed E-state index contributed by atoms with van der Waals surface area (Å²) in [5.74, 6) is 0.306. The van der Waals surface area contributed by atoms with Gasteiger partial charge in [0.1, 0.15) is 5.75 Å². The van der Waals surface area contributed by atoms with E-state index in [9.17, 15) is 14.9 Å². The first-order chi connectivity index (χ1) is 10.6. The smallest absolute Gasteiger partial charge is 0.311 e. The second-order valence-corrected chi connectivity index (χ2v) is 5.47. The summed E-state index contributed by atoms with van der Waals surface area (Å²) in [6.07, 6.45) is 2.14. The van der Waals surface area contributed by atoms with Gasteiger partial charge in [-0.25, -0.2) is 0 Å². The number of carbonyl (C=O) groups is 1. The summed E-state index contributed by atoms with van der Waals surface area (Å²) in [7, 11) is 0. The van der Waals surface area contributed by atoms with Crippen molar-refractivity contribution in [2.24, 2.45) is 5.92 Å². The lowest BCUT2D eigenvalue weighted by atomic mass is 10.0. The van der Waals surface area contributed by atoms with Gasteiger partial charge in [0.25, 0.3) is 5.69 Å². The van der Waals surface area contributed by atoms with Crippen molar-refractivity contribution in [2.75, 3.05) is 0 Å². The number of hydrogen-bond donors (Lipinski definition) is 0. The van der Waals surface area contributed by atoms with Crippen molar-refractivity contribution in [3.05, 3.63) is 69.8 Å². The van der Waals surface area contributed by atoms with Gasteiger partial charge in [0.15, 0.2) is 0 Å². The van der Waals surface area contributed by atoms with Gasteiger partial charge >= 0.3 is 5.97 Å². The Bertz CT molecular complexity index is 684. The molecule has 2 aromatic rings. The topological polar surface area (TPSA) is 69.4 Å². The molecule has 0 heterocycles. The van der Waals surface area contributed by atoms with Crippen molar-refractivity contribution < 1.29 is 14.5 Å². The highest BCUT2D eigenvalue weighted by molar-refractivity contribution is 5.73. The molecule has 0 aromatic heterocycles. The summed E-state index contributed by atoms with van der Waals surface area (Å²) in [5.41, 5.74) is 2.58. The normalized spacial score (nSPS) is 13.6. The number of benzene rings is 2. The molecular formula is C17H15NO4. The molecule has 0 amide bonds. The maximum atomic E-state index is 12.0. The Hall–Kier alpha value is -2.69. The van der Waals surface area contributed by atoms with E-state index in [1.165, 1.54) is 35.4 Å². The number of rotatable bonds is 4. The van der Waals surface area contributed by atoms with Crippen LogP contribution in [-0.2, 0) is 17.6 Å². The van der Waals surface area contributed by atoms with Crippen molar-refractivity contribution in [2.45, 2.75) is 19.3 Å². The van der Waals surface area contributed by atoms with Crippen LogP contribution in [-0.4, -0.2) is 10.9 Å². The molecule has 2 aromatic carbocycles. The van der Waals surface area contributed by atoms with E-state index in [-0.39, 0.29) is 17.6 Å². The molecule has 3 rings (SSSR count). The van der Waals surface area contributed by atoms with Crippen molar-refractivity contribution in [3.8, 4) is 5.75 Å². The molecule has 0 fully saturated rings. The third-order valence-corrected chi connectivity index (χ3v) is 3.87. The van der Waals surface area contributed by atoms with Crippen molar-refractivity contribution >= 4 is 11.7 Å². The van der Waals surface area contributed by atoms with Crippen LogP contribution >= 0.6 is 0 Å². The molecule has 0 spiro atoms. The zero-order valence-corrected chi connectivity index (χ0v) is 11.9. The lowest BCUT2D eigenvalue weighted by Crippen LogP contribution is -2.14. The van der Waals surface area contributed by atoms with Crippen molar-refractivity contribution in [3.63, 3.8) is 0 Å². The van der Waals surface area contributed by atoms with E-state index in [0.29, 0.717) is 12.2 Å². The largest absolute Gasteiger partial charge is 0.427 e. The van der Waals surface area contributed by atoms with Crippen LogP contribution in [0.2, 0.25) is 0 Å². The predicted molar refractivity (Wildman–Crippen MR) is 80.7 cm³/mol. The maximum Gasteiger partial charge on any atom is 0.311 e. The fourth-order valence-corrected chi connectivity index (χ4v) is 2.84. The number of esters is 1. The van der Waals surface area contributed by atoms with Crippen LogP contribution < -0.4 is 4.74 Å². The summed E-state index contributed by atoms with van der Waals surface area (Å²) in [4.78, 5) is 22.1. The van der Waals surface area contributed by atoms with E-state index in [1.54, 1.807) is 0 Å². The summed E-state index contributed by atoms with van der Waals surface area (Å²) in [6, 6.07) is 13.8. The van der Waals surface area contributed by atoms with Crippen LogP contribution in [0.15, 0.2) is 48.5 Å². The Morgan fingerprint density at radius 3 is 2.23 bits per heavy atom. The summed E-state index contributed by atoms with van der Waals surface area (Å²) in [6.45, 7) is 0. The number of non-ortho nitro benzene ring substituents is 1. The lowest BCUT2D eigenvalue weighted by molar-refractivity contribution is -0.384. The molecule has 0 bridgehead atoms. The van der Waals surface area contributed by atoms with Gasteiger partial charge in [-0.05, 0) is 42.0 Å². The summed E-state index contributed by atoms with van der Waals surface area (Å²) < 4.78 is 5.25. The minimum atomic E-state index is -0.485. The summed E-state index contributed by atoms with van der Waals surface area (Å²) in [5, 5.41) is 10.6.